The SMILES string of the molecule is CC(C)(C)OC(=O)n1ccc2cc(-c3nnc([C@@H]4CCCN4C(=O)c4ccccc4)o3)ccc21. The lowest BCUT2D eigenvalue weighted by Crippen LogP contribution is -2.30. The largest absolute Gasteiger partial charge is 0.443 e. The predicted octanol–water partition coefficient (Wildman–Crippen LogP) is 5.45. The smallest absolute Gasteiger partial charge is 0.418 e. The lowest BCUT2D eigenvalue weighted by atomic mass is 10.1. The summed E-state index contributed by atoms with van der Waals surface area (Å²) < 4.78 is 13.0. The van der Waals surface area contributed by atoms with Crippen LogP contribution in [-0.2, 0) is 4.74 Å². The minimum Gasteiger partial charge on any atom is -0.443 e. The Labute approximate surface area is 197 Å². The van der Waals surface area contributed by atoms with E-state index in [1.54, 1.807) is 11.1 Å². The number of hydrogen-bond donors (Lipinski definition) is 0. The Hall–Kier alpha value is -3.94. The van der Waals surface area contributed by atoms with Crippen LogP contribution in [0.1, 0.15) is 55.9 Å². The lowest BCUT2D eigenvalue weighted by Gasteiger charge is -2.22. The van der Waals surface area contributed by atoms with Crippen molar-refractivity contribution >= 4 is 22.9 Å². The first-order chi connectivity index (χ1) is 16.3. The van der Waals surface area contributed by atoms with Crippen LogP contribution in [-0.4, -0.2) is 43.8 Å². The third-order valence-electron chi connectivity index (χ3n) is 5.79. The van der Waals surface area contributed by atoms with E-state index in [1.807, 2.05) is 75.4 Å². The van der Waals surface area contributed by atoms with E-state index >= 15 is 0 Å². The molecule has 0 unspecified atom stereocenters. The number of rotatable bonds is 3. The van der Waals surface area contributed by atoms with E-state index < -0.39 is 11.7 Å². The molecule has 174 valence electrons. The first kappa shape index (κ1) is 21.9. The predicted molar refractivity (Wildman–Crippen MR) is 126 cm³/mol. The molecule has 1 fully saturated rings. The molecule has 0 radical (unpaired) electrons. The Morgan fingerprint density at radius 3 is 2.62 bits per heavy atom. The summed E-state index contributed by atoms with van der Waals surface area (Å²) in [6.07, 6.45) is 2.91. The summed E-state index contributed by atoms with van der Waals surface area (Å²) in [5.74, 6) is 0.775. The van der Waals surface area contributed by atoms with Crippen molar-refractivity contribution in [3.8, 4) is 11.5 Å². The minimum absolute atomic E-state index is 0.0345. The maximum absolute atomic E-state index is 13.0. The average Bonchev–Trinajstić information content (AvgIpc) is 3.56. The number of hydrogen-bond acceptors (Lipinski definition) is 6. The number of benzene rings is 2. The molecule has 5 rings (SSSR count). The number of amides is 1. The standard InChI is InChI=1S/C26H26N4O4/c1-26(2,3)34-25(32)30-15-13-18-16-19(11-12-20(18)30)22-27-28-23(33-22)21-10-7-14-29(21)24(31)17-8-5-4-6-9-17/h4-6,8-9,11-13,15-16,21H,7,10,14H2,1-3H3/t21-/m0/s1. The highest BCUT2D eigenvalue weighted by Gasteiger charge is 2.34. The van der Waals surface area contributed by atoms with Crippen molar-refractivity contribution in [3.05, 3.63) is 72.2 Å². The van der Waals surface area contributed by atoms with Crippen molar-refractivity contribution in [2.24, 2.45) is 0 Å². The van der Waals surface area contributed by atoms with Gasteiger partial charge in [-0.15, -0.1) is 10.2 Å². The van der Waals surface area contributed by atoms with Gasteiger partial charge in [-0.1, -0.05) is 18.2 Å². The van der Waals surface area contributed by atoms with E-state index in [9.17, 15) is 9.59 Å². The molecular weight excluding hydrogens is 432 g/mol. The highest BCUT2D eigenvalue weighted by atomic mass is 16.6. The van der Waals surface area contributed by atoms with Crippen molar-refractivity contribution in [2.45, 2.75) is 45.3 Å². The Morgan fingerprint density at radius 2 is 1.85 bits per heavy atom. The van der Waals surface area contributed by atoms with Gasteiger partial charge in [0, 0.05) is 29.3 Å². The van der Waals surface area contributed by atoms with E-state index in [0.29, 0.717) is 23.9 Å². The van der Waals surface area contributed by atoms with Crippen LogP contribution in [0.15, 0.2) is 65.2 Å². The molecular formula is C26H26N4O4. The zero-order chi connectivity index (χ0) is 23.9. The van der Waals surface area contributed by atoms with Gasteiger partial charge in [0.2, 0.25) is 11.8 Å². The first-order valence-corrected chi connectivity index (χ1v) is 11.3. The molecule has 34 heavy (non-hydrogen) atoms. The van der Waals surface area contributed by atoms with E-state index in [2.05, 4.69) is 10.2 Å². The number of ether oxygens (including phenoxy) is 1. The Kier molecular flexibility index (Phi) is 5.43. The van der Waals surface area contributed by atoms with Crippen molar-refractivity contribution in [1.29, 1.82) is 0 Å². The van der Waals surface area contributed by atoms with Crippen LogP contribution in [0.5, 0.6) is 0 Å². The number of carbonyl (C=O) groups is 2. The highest BCUT2D eigenvalue weighted by Crippen LogP contribution is 2.34. The lowest BCUT2D eigenvalue weighted by molar-refractivity contribution is 0.0544. The summed E-state index contributed by atoms with van der Waals surface area (Å²) in [5, 5.41) is 9.36. The third-order valence-corrected chi connectivity index (χ3v) is 5.79. The van der Waals surface area contributed by atoms with Crippen LogP contribution in [0.3, 0.4) is 0 Å². The Bertz CT molecular complexity index is 1350. The molecule has 0 bridgehead atoms. The van der Waals surface area contributed by atoms with Crippen molar-refractivity contribution < 1.29 is 18.7 Å². The van der Waals surface area contributed by atoms with Crippen LogP contribution >= 0.6 is 0 Å². The number of carbonyl (C=O) groups excluding carboxylic acids is 2. The number of aromatic nitrogens is 3. The fraction of sp³-hybridized carbons (Fsp3) is 0.308. The van der Waals surface area contributed by atoms with Crippen LogP contribution < -0.4 is 0 Å². The summed E-state index contributed by atoms with van der Waals surface area (Å²) in [6.45, 7) is 6.16. The molecule has 1 aliphatic rings. The molecule has 2 aromatic carbocycles. The Balaban J connectivity index is 1.38. The Morgan fingerprint density at radius 1 is 1.06 bits per heavy atom. The average molecular weight is 459 g/mol. The maximum Gasteiger partial charge on any atom is 0.418 e. The van der Waals surface area contributed by atoms with Crippen LogP contribution in [0.2, 0.25) is 0 Å². The van der Waals surface area contributed by atoms with Gasteiger partial charge in [-0.3, -0.25) is 9.36 Å². The van der Waals surface area contributed by atoms with Crippen molar-refractivity contribution in [1.82, 2.24) is 19.7 Å². The quantitative estimate of drug-likeness (QED) is 0.405. The first-order valence-electron chi connectivity index (χ1n) is 11.3. The molecule has 8 heteroatoms. The van der Waals surface area contributed by atoms with E-state index in [4.69, 9.17) is 9.15 Å². The number of fused-ring (bicyclic) bond motifs is 1. The molecule has 4 aromatic rings. The van der Waals surface area contributed by atoms with Crippen molar-refractivity contribution in [2.75, 3.05) is 6.54 Å². The van der Waals surface area contributed by atoms with E-state index in [0.717, 1.165) is 29.3 Å². The molecule has 0 spiro atoms. The van der Waals surface area contributed by atoms with Gasteiger partial charge in [0.1, 0.15) is 11.6 Å². The summed E-state index contributed by atoms with van der Waals surface area (Å²) in [5.41, 5.74) is 1.54. The van der Waals surface area contributed by atoms with Gasteiger partial charge < -0.3 is 14.1 Å². The van der Waals surface area contributed by atoms with Crippen LogP contribution in [0, 0.1) is 0 Å². The second-order valence-corrected chi connectivity index (χ2v) is 9.41. The van der Waals surface area contributed by atoms with Crippen molar-refractivity contribution in [3.63, 3.8) is 0 Å². The fourth-order valence-electron chi connectivity index (χ4n) is 4.24. The normalized spacial score (nSPS) is 16.2. The molecule has 0 aliphatic carbocycles. The minimum atomic E-state index is -0.580. The van der Waals surface area contributed by atoms with Gasteiger partial charge >= 0.3 is 6.09 Å². The topological polar surface area (TPSA) is 90.5 Å². The summed E-state index contributed by atoms with van der Waals surface area (Å²) in [4.78, 5) is 27.3. The number of nitrogens with zero attached hydrogens (tertiary/aromatic N) is 4. The van der Waals surface area contributed by atoms with Gasteiger partial charge in [0.25, 0.3) is 5.91 Å². The monoisotopic (exact) mass is 458 g/mol. The molecule has 1 atom stereocenters. The summed E-state index contributed by atoms with van der Waals surface area (Å²) in [6, 6.07) is 16.4. The van der Waals surface area contributed by atoms with Gasteiger partial charge in [0.15, 0.2) is 0 Å². The molecule has 3 heterocycles. The molecule has 0 saturated carbocycles. The molecule has 1 aliphatic heterocycles. The van der Waals surface area contributed by atoms with Crippen LogP contribution in [0.4, 0.5) is 4.79 Å². The van der Waals surface area contributed by atoms with E-state index in [1.165, 1.54) is 4.57 Å². The van der Waals surface area contributed by atoms with Crippen LogP contribution in [0.25, 0.3) is 22.4 Å². The van der Waals surface area contributed by atoms with Gasteiger partial charge in [-0.2, -0.15) is 0 Å². The zero-order valence-corrected chi connectivity index (χ0v) is 19.4. The highest BCUT2D eigenvalue weighted by molar-refractivity contribution is 5.94. The second kappa shape index (κ2) is 8.44. The molecule has 2 aromatic heterocycles. The van der Waals surface area contributed by atoms with E-state index in [-0.39, 0.29) is 11.9 Å². The second-order valence-electron chi connectivity index (χ2n) is 9.41. The third kappa shape index (κ3) is 4.19. The van der Waals surface area contributed by atoms with Gasteiger partial charge in [-0.05, 0) is 70.0 Å². The van der Waals surface area contributed by atoms with Gasteiger partial charge in [-0.25, -0.2) is 4.79 Å². The maximum atomic E-state index is 13.0. The van der Waals surface area contributed by atoms with Gasteiger partial charge in [0.05, 0.1) is 5.52 Å². The molecule has 1 amide bonds. The molecule has 1 saturated heterocycles. The number of likely N-dealkylation sites (tertiary alicyclic amines) is 1. The summed E-state index contributed by atoms with van der Waals surface area (Å²) >= 11 is 0. The summed E-state index contributed by atoms with van der Waals surface area (Å²) in [7, 11) is 0. The zero-order valence-electron chi connectivity index (χ0n) is 19.4. The molecule has 0 N–H and O–H groups in total. The molecule has 8 nitrogen and oxygen atoms in total. The fourth-order valence-corrected chi connectivity index (χ4v) is 4.24.